The second-order valence-corrected chi connectivity index (χ2v) is 9.17. The highest BCUT2D eigenvalue weighted by Crippen LogP contribution is 2.45. The van der Waals surface area contributed by atoms with Gasteiger partial charge in [0, 0.05) is 27.1 Å². The molecular weight excluding hydrogens is 444 g/mol. The van der Waals surface area contributed by atoms with Crippen LogP contribution in [0, 0.1) is 6.57 Å². The number of amides is 3. The van der Waals surface area contributed by atoms with E-state index >= 15 is 0 Å². The first-order valence-electron chi connectivity index (χ1n) is 9.57. The fourth-order valence-electron chi connectivity index (χ4n) is 3.81. The Morgan fingerprint density at radius 2 is 1.97 bits per heavy atom. The van der Waals surface area contributed by atoms with Gasteiger partial charge in [0.2, 0.25) is 0 Å². The minimum atomic E-state index is -0.576. The molecule has 0 bridgehead atoms. The molecule has 1 aliphatic heterocycles. The lowest BCUT2D eigenvalue weighted by molar-refractivity contribution is 0.100. The van der Waals surface area contributed by atoms with Crippen LogP contribution in [0.15, 0.2) is 41.8 Å². The molecule has 0 unspecified atom stereocenters. The number of pyridine rings is 1. The van der Waals surface area contributed by atoms with Crippen molar-refractivity contribution in [3.8, 4) is 10.4 Å². The normalized spacial score (nSPS) is 12.5. The van der Waals surface area contributed by atoms with Crippen molar-refractivity contribution in [2.24, 2.45) is 5.73 Å². The number of carbonyl (C=O) groups excluding carboxylic acids is 2. The van der Waals surface area contributed by atoms with Crippen LogP contribution < -0.4 is 16.8 Å². The number of nitrogens with one attached hydrogen (secondary N) is 1. The van der Waals surface area contributed by atoms with Crippen LogP contribution in [-0.4, -0.2) is 21.8 Å². The molecular formula is C22H16N6O2S2. The van der Waals surface area contributed by atoms with Gasteiger partial charge in [0.15, 0.2) is 5.69 Å². The topological polar surface area (TPSA) is 119 Å². The van der Waals surface area contributed by atoms with E-state index in [1.807, 2.05) is 17.5 Å². The number of nitrogens with zero attached hydrogens (tertiary/aromatic N) is 3. The first-order valence-corrected chi connectivity index (χ1v) is 11.3. The number of urea groups is 1. The van der Waals surface area contributed by atoms with Gasteiger partial charge in [-0.15, -0.1) is 22.7 Å². The van der Waals surface area contributed by atoms with E-state index in [0.29, 0.717) is 45.2 Å². The summed E-state index contributed by atoms with van der Waals surface area (Å²) < 4.78 is 0. The summed E-state index contributed by atoms with van der Waals surface area (Å²) in [6, 6.07) is 10.4. The van der Waals surface area contributed by atoms with E-state index in [4.69, 9.17) is 23.0 Å². The third kappa shape index (κ3) is 3.24. The highest BCUT2D eigenvalue weighted by Gasteiger charge is 2.31. The maximum absolute atomic E-state index is 12.9. The Bertz CT molecular complexity index is 1420. The van der Waals surface area contributed by atoms with Gasteiger partial charge in [-0.25, -0.2) is 14.6 Å². The Labute approximate surface area is 190 Å². The van der Waals surface area contributed by atoms with Crippen LogP contribution >= 0.6 is 22.7 Å². The Morgan fingerprint density at radius 3 is 2.62 bits per heavy atom. The zero-order chi connectivity index (χ0) is 22.4. The monoisotopic (exact) mass is 460 g/mol. The molecule has 3 aromatic heterocycles. The average molecular weight is 461 g/mol. The van der Waals surface area contributed by atoms with Crippen LogP contribution in [-0.2, 0) is 13.1 Å². The molecule has 0 atom stereocenters. The van der Waals surface area contributed by atoms with Crippen molar-refractivity contribution in [3.63, 3.8) is 0 Å². The number of hydrogen-bond donors (Lipinski definition) is 3. The minimum Gasteiger partial charge on any atom is -0.397 e. The van der Waals surface area contributed by atoms with Crippen molar-refractivity contribution in [1.82, 2.24) is 9.88 Å². The van der Waals surface area contributed by atoms with E-state index < -0.39 is 5.91 Å². The van der Waals surface area contributed by atoms with Gasteiger partial charge in [0.1, 0.15) is 9.71 Å². The number of nitrogen functional groups attached to an aromatic ring is 1. The van der Waals surface area contributed by atoms with Crippen LogP contribution in [0.1, 0.15) is 20.9 Å². The van der Waals surface area contributed by atoms with E-state index in [-0.39, 0.29) is 6.03 Å². The van der Waals surface area contributed by atoms with E-state index in [1.54, 1.807) is 40.5 Å². The second kappa shape index (κ2) is 7.64. The molecule has 5 N–H and O–H groups in total. The van der Waals surface area contributed by atoms with Gasteiger partial charge < -0.3 is 21.7 Å². The van der Waals surface area contributed by atoms with E-state index in [9.17, 15) is 9.59 Å². The third-order valence-corrected chi connectivity index (χ3v) is 7.28. The molecule has 10 heteroatoms. The number of benzene rings is 1. The fraction of sp³-hybridized carbons (Fsp3) is 0.0909. The number of primary amides is 1. The molecule has 158 valence electrons. The van der Waals surface area contributed by atoms with Crippen LogP contribution in [0.2, 0.25) is 0 Å². The lowest BCUT2D eigenvalue weighted by atomic mass is 10.0. The lowest BCUT2D eigenvalue weighted by Crippen LogP contribution is -2.30. The standard InChI is InChI=1S/C22H16N6O2S2/c1-25-11-4-6-12(7-5-11)26-22(30)28-9-13-14(10-28)27-21-17(16(13)15-3-2-8-31-15)18(23)19(32-21)20(24)29/h2-8H,9-10,23H2,(H2,24,29)(H,26,30). The molecule has 0 saturated heterocycles. The maximum Gasteiger partial charge on any atom is 0.322 e. The van der Waals surface area contributed by atoms with Crippen LogP contribution in [0.4, 0.5) is 21.9 Å². The molecule has 32 heavy (non-hydrogen) atoms. The van der Waals surface area contributed by atoms with Crippen molar-refractivity contribution < 1.29 is 9.59 Å². The van der Waals surface area contributed by atoms with Crippen LogP contribution in [0.3, 0.4) is 0 Å². The van der Waals surface area contributed by atoms with E-state index in [0.717, 1.165) is 21.7 Å². The number of aromatic nitrogens is 1. The zero-order valence-electron chi connectivity index (χ0n) is 16.6. The predicted molar refractivity (Wildman–Crippen MR) is 127 cm³/mol. The molecule has 5 rings (SSSR count). The van der Waals surface area contributed by atoms with Crippen LogP contribution in [0.5, 0.6) is 0 Å². The SMILES string of the molecule is [C-]#[N+]c1ccc(NC(=O)N2Cc3nc4sc(C(N)=O)c(N)c4c(-c4cccs4)c3C2)cc1. The van der Waals surface area contributed by atoms with Gasteiger partial charge in [-0.05, 0) is 23.6 Å². The Kier molecular flexibility index (Phi) is 4.77. The quantitative estimate of drug-likeness (QED) is 0.380. The molecule has 4 aromatic rings. The summed E-state index contributed by atoms with van der Waals surface area (Å²) in [5.74, 6) is -0.576. The number of carbonyl (C=O) groups is 2. The Hall–Kier alpha value is -3.94. The molecule has 1 aromatic carbocycles. The van der Waals surface area contributed by atoms with Crippen molar-refractivity contribution in [1.29, 1.82) is 0 Å². The summed E-state index contributed by atoms with van der Waals surface area (Å²) in [6.45, 7) is 7.73. The predicted octanol–water partition coefficient (Wildman–Crippen LogP) is 4.80. The number of fused-ring (bicyclic) bond motifs is 2. The maximum atomic E-state index is 12.9. The van der Waals surface area contributed by atoms with E-state index in [2.05, 4.69) is 10.2 Å². The van der Waals surface area contributed by atoms with Gasteiger partial charge in [0.05, 0.1) is 31.0 Å². The molecule has 0 radical (unpaired) electrons. The second-order valence-electron chi connectivity index (χ2n) is 7.22. The van der Waals surface area contributed by atoms with Gasteiger partial charge in [-0.1, -0.05) is 18.2 Å². The van der Waals surface area contributed by atoms with Crippen molar-refractivity contribution in [2.75, 3.05) is 11.1 Å². The molecule has 0 aliphatic carbocycles. The Morgan fingerprint density at radius 1 is 1.19 bits per heavy atom. The van der Waals surface area contributed by atoms with Gasteiger partial charge in [-0.3, -0.25) is 4.79 Å². The summed E-state index contributed by atoms with van der Waals surface area (Å²) in [5, 5.41) is 5.55. The number of thiophene rings is 2. The summed E-state index contributed by atoms with van der Waals surface area (Å²) in [6.07, 6.45) is 0. The lowest BCUT2D eigenvalue weighted by Gasteiger charge is -2.16. The first-order chi connectivity index (χ1) is 15.5. The minimum absolute atomic E-state index is 0.259. The highest BCUT2D eigenvalue weighted by atomic mass is 32.1. The molecule has 8 nitrogen and oxygen atoms in total. The summed E-state index contributed by atoms with van der Waals surface area (Å²) in [7, 11) is 0. The fourth-order valence-corrected chi connectivity index (χ4v) is 5.59. The number of hydrogen-bond acceptors (Lipinski definition) is 6. The number of rotatable bonds is 3. The first kappa shape index (κ1) is 20.0. The van der Waals surface area contributed by atoms with E-state index in [1.165, 1.54) is 11.3 Å². The van der Waals surface area contributed by atoms with Crippen LogP contribution in [0.25, 0.3) is 25.5 Å². The highest BCUT2D eigenvalue weighted by molar-refractivity contribution is 7.21. The summed E-state index contributed by atoms with van der Waals surface area (Å²) in [5.41, 5.74) is 15.9. The Balaban J connectivity index is 1.53. The smallest absolute Gasteiger partial charge is 0.322 e. The molecule has 3 amide bonds. The zero-order valence-corrected chi connectivity index (χ0v) is 18.2. The summed E-state index contributed by atoms with van der Waals surface area (Å²) >= 11 is 2.74. The van der Waals surface area contributed by atoms with Gasteiger partial charge in [0.25, 0.3) is 5.91 Å². The molecule has 1 aliphatic rings. The van der Waals surface area contributed by atoms with Crippen molar-refractivity contribution in [2.45, 2.75) is 13.1 Å². The van der Waals surface area contributed by atoms with Gasteiger partial charge >= 0.3 is 6.03 Å². The van der Waals surface area contributed by atoms with Crippen molar-refractivity contribution >= 4 is 61.9 Å². The molecule has 0 spiro atoms. The molecule has 0 fully saturated rings. The third-order valence-electron chi connectivity index (χ3n) is 5.28. The number of nitrogens with two attached hydrogens (primary N) is 2. The number of anilines is 2. The molecule has 0 saturated carbocycles. The average Bonchev–Trinajstić information content (AvgIpc) is 3.52. The largest absolute Gasteiger partial charge is 0.397 e. The summed E-state index contributed by atoms with van der Waals surface area (Å²) in [4.78, 5) is 36.5. The molecule has 4 heterocycles. The van der Waals surface area contributed by atoms with Gasteiger partial charge in [-0.2, -0.15) is 0 Å². The van der Waals surface area contributed by atoms with Crippen molar-refractivity contribution in [3.05, 3.63) is 69.3 Å².